The second kappa shape index (κ2) is 4.28. The number of nitrogens with zero attached hydrogens (tertiary/aromatic N) is 2. The Morgan fingerprint density at radius 1 is 1.58 bits per heavy atom. The van der Waals surface area contributed by atoms with Gasteiger partial charge in [-0.05, 0) is 12.6 Å². The van der Waals surface area contributed by atoms with Crippen LogP contribution in [0.15, 0.2) is 24.4 Å². The summed E-state index contributed by atoms with van der Waals surface area (Å²) < 4.78 is 0. The Kier molecular flexibility index (Phi) is 3.31. The highest BCUT2D eigenvalue weighted by Gasteiger charge is 2.15. The van der Waals surface area contributed by atoms with E-state index in [1.54, 1.807) is 11.1 Å². The van der Waals surface area contributed by atoms with Gasteiger partial charge in [0.2, 0.25) is 0 Å². The van der Waals surface area contributed by atoms with Gasteiger partial charge in [0.25, 0.3) is 0 Å². The minimum Gasteiger partial charge on any atom is -0.313 e. The van der Waals surface area contributed by atoms with Gasteiger partial charge in [0.15, 0.2) is 0 Å². The third kappa shape index (κ3) is 2.09. The van der Waals surface area contributed by atoms with Gasteiger partial charge in [-0.15, -0.1) is 0 Å². The molecule has 0 aromatic rings. The van der Waals surface area contributed by atoms with Gasteiger partial charge in [-0.3, -0.25) is 4.90 Å². The van der Waals surface area contributed by atoms with Gasteiger partial charge in [0, 0.05) is 25.3 Å². The molecule has 12 heavy (non-hydrogen) atoms. The Morgan fingerprint density at radius 2 is 2.33 bits per heavy atom. The number of likely N-dealkylation sites (N-methyl/N-ethyl adjacent to an activating group) is 1. The van der Waals surface area contributed by atoms with E-state index in [0.717, 1.165) is 31.9 Å². The van der Waals surface area contributed by atoms with E-state index in [1.165, 1.54) is 0 Å². The summed E-state index contributed by atoms with van der Waals surface area (Å²) in [6, 6.07) is 0. The molecule has 68 valence electrons. The van der Waals surface area contributed by atoms with Crippen LogP contribution in [-0.4, -0.2) is 36.1 Å². The lowest BCUT2D eigenvalue weighted by molar-refractivity contribution is 0.184. The van der Waals surface area contributed by atoms with Crippen LogP contribution < -0.4 is 5.84 Å². The van der Waals surface area contributed by atoms with Crippen LogP contribution in [0, 0.1) is 0 Å². The molecule has 0 amide bonds. The highest BCUT2D eigenvalue weighted by Crippen LogP contribution is 2.08. The van der Waals surface area contributed by atoms with Crippen LogP contribution in [0.1, 0.15) is 6.92 Å². The van der Waals surface area contributed by atoms with Crippen LogP contribution in [0.25, 0.3) is 0 Å². The van der Waals surface area contributed by atoms with Crippen LogP contribution in [0.2, 0.25) is 0 Å². The average molecular weight is 167 g/mol. The first-order chi connectivity index (χ1) is 5.77. The quantitative estimate of drug-likeness (QED) is 0.610. The molecule has 3 nitrogen and oxygen atoms in total. The number of hydrogen-bond acceptors (Lipinski definition) is 3. The number of hydrogen-bond donors (Lipinski definition) is 1. The van der Waals surface area contributed by atoms with Crippen molar-refractivity contribution < 1.29 is 0 Å². The number of piperazine rings is 1. The Balaban J connectivity index is 2.58. The molecule has 0 unspecified atom stereocenters. The zero-order valence-electron chi connectivity index (χ0n) is 7.66. The van der Waals surface area contributed by atoms with Crippen molar-refractivity contribution in [3.8, 4) is 0 Å². The fraction of sp³-hybridized carbons (Fsp3) is 0.556. The van der Waals surface area contributed by atoms with Crippen LogP contribution in [0.3, 0.4) is 0 Å². The monoisotopic (exact) mass is 167 g/mol. The molecule has 1 aliphatic rings. The normalized spacial score (nSPS) is 23.2. The summed E-state index contributed by atoms with van der Waals surface area (Å²) in [5.74, 6) is 5.77. The lowest BCUT2D eigenvalue weighted by Crippen LogP contribution is -2.47. The summed E-state index contributed by atoms with van der Waals surface area (Å²) in [7, 11) is 0. The summed E-state index contributed by atoms with van der Waals surface area (Å²) in [6.07, 6.45) is 3.76. The van der Waals surface area contributed by atoms with E-state index < -0.39 is 0 Å². The van der Waals surface area contributed by atoms with Crippen molar-refractivity contribution in [3.05, 3.63) is 24.4 Å². The fourth-order valence-electron chi connectivity index (χ4n) is 1.35. The zero-order valence-corrected chi connectivity index (χ0v) is 7.66. The van der Waals surface area contributed by atoms with Gasteiger partial charge in [-0.1, -0.05) is 19.6 Å². The second-order valence-corrected chi connectivity index (χ2v) is 2.96. The first-order valence-corrected chi connectivity index (χ1v) is 4.34. The van der Waals surface area contributed by atoms with Crippen molar-refractivity contribution in [2.75, 3.05) is 26.2 Å². The Labute approximate surface area is 74.1 Å². The third-order valence-electron chi connectivity index (χ3n) is 2.17. The molecule has 0 bridgehead atoms. The minimum atomic E-state index is 0.910. The Bertz CT molecular complexity index is 186. The molecular formula is C9H17N3. The molecule has 0 spiro atoms. The molecule has 1 aliphatic heterocycles. The molecule has 0 aromatic carbocycles. The predicted octanol–water partition coefficient (Wildman–Crippen LogP) is 0.568. The molecule has 3 heteroatoms. The summed E-state index contributed by atoms with van der Waals surface area (Å²) >= 11 is 0. The van der Waals surface area contributed by atoms with Crippen molar-refractivity contribution in [3.63, 3.8) is 0 Å². The van der Waals surface area contributed by atoms with Gasteiger partial charge >= 0.3 is 0 Å². The van der Waals surface area contributed by atoms with Crippen LogP contribution in [-0.2, 0) is 0 Å². The highest BCUT2D eigenvalue weighted by molar-refractivity contribution is 5.12. The lowest BCUT2D eigenvalue weighted by atomic mass is 10.2. The number of allylic oxidation sites excluding steroid dienone is 2. The van der Waals surface area contributed by atoms with E-state index in [0.29, 0.717) is 0 Å². The topological polar surface area (TPSA) is 32.5 Å². The molecule has 0 radical (unpaired) electrons. The standard InChI is InChI=1S/C9H17N3/c1-3-5-9-8-11(4-2)6-7-12(9)10/h3,5H,1,4,6-8,10H2,2H3/b9-5-. The molecular weight excluding hydrogens is 150 g/mol. The number of rotatable bonds is 2. The maximum Gasteiger partial charge on any atom is 0.0466 e. The van der Waals surface area contributed by atoms with Crippen LogP contribution in [0.5, 0.6) is 0 Å². The van der Waals surface area contributed by atoms with Crippen molar-refractivity contribution in [2.45, 2.75) is 6.92 Å². The van der Waals surface area contributed by atoms with Gasteiger partial charge in [0.1, 0.15) is 0 Å². The summed E-state index contributed by atoms with van der Waals surface area (Å²) in [5, 5.41) is 1.80. The molecule has 0 aromatic heterocycles. The average Bonchev–Trinajstić information content (AvgIpc) is 2.09. The van der Waals surface area contributed by atoms with E-state index in [1.807, 2.05) is 6.08 Å². The SMILES string of the molecule is C=C/C=C1/CN(CC)CCN1N. The number of hydrazine groups is 1. The molecule has 2 N–H and O–H groups in total. The summed E-state index contributed by atoms with van der Waals surface area (Å²) in [5.41, 5.74) is 1.15. The number of nitrogens with two attached hydrogens (primary N) is 1. The fourth-order valence-corrected chi connectivity index (χ4v) is 1.35. The van der Waals surface area contributed by atoms with Gasteiger partial charge in [0.05, 0.1) is 0 Å². The van der Waals surface area contributed by atoms with Gasteiger partial charge in [-0.25, -0.2) is 5.84 Å². The smallest absolute Gasteiger partial charge is 0.0466 e. The molecule has 0 saturated carbocycles. The van der Waals surface area contributed by atoms with Crippen molar-refractivity contribution in [2.24, 2.45) is 5.84 Å². The lowest BCUT2D eigenvalue weighted by Gasteiger charge is -2.34. The molecule has 1 saturated heterocycles. The largest absolute Gasteiger partial charge is 0.313 e. The van der Waals surface area contributed by atoms with E-state index in [9.17, 15) is 0 Å². The van der Waals surface area contributed by atoms with E-state index in [-0.39, 0.29) is 0 Å². The summed E-state index contributed by atoms with van der Waals surface area (Å²) in [6.45, 7) is 9.82. The Hall–Kier alpha value is -0.800. The van der Waals surface area contributed by atoms with Crippen molar-refractivity contribution >= 4 is 0 Å². The maximum atomic E-state index is 5.77. The molecule has 0 aliphatic carbocycles. The molecule has 1 rings (SSSR count). The highest BCUT2D eigenvalue weighted by atomic mass is 15.4. The van der Waals surface area contributed by atoms with E-state index >= 15 is 0 Å². The second-order valence-electron chi connectivity index (χ2n) is 2.96. The first kappa shape index (κ1) is 9.29. The molecule has 1 fully saturated rings. The predicted molar refractivity (Wildman–Crippen MR) is 51.3 cm³/mol. The van der Waals surface area contributed by atoms with Crippen LogP contribution >= 0.6 is 0 Å². The summed E-state index contributed by atoms with van der Waals surface area (Å²) in [4.78, 5) is 2.36. The van der Waals surface area contributed by atoms with Crippen molar-refractivity contribution in [1.82, 2.24) is 9.91 Å². The van der Waals surface area contributed by atoms with Crippen molar-refractivity contribution in [1.29, 1.82) is 0 Å². The third-order valence-corrected chi connectivity index (χ3v) is 2.17. The minimum absolute atomic E-state index is 0.910. The maximum absolute atomic E-state index is 5.77. The van der Waals surface area contributed by atoms with Gasteiger partial charge in [-0.2, -0.15) is 0 Å². The van der Waals surface area contributed by atoms with E-state index in [2.05, 4.69) is 18.4 Å². The van der Waals surface area contributed by atoms with Crippen LogP contribution in [0.4, 0.5) is 0 Å². The first-order valence-electron chi connectivity index (χ1n) is 4.34. The van der Waals surface area contributed by atoms with Gasteiger partial charge < -0.3 is 5.01 Å². The zero-order chi connectivity index (χ0) is 8.97. The Morgan fingerprint density at radius 3 is 2.92 bits per heavy atom. The molecule has 1 heterocycles. The van der Waals surface area contributed by atoms with E-state index in [4.69, 9.17) is 5.84 Å². The molecule has 0 atom stereocenters.